The molecule has 3 rings (SSSR count). The standard InChI is InChI=1S/C20H25N5O4S/c1-12(2)25-19(14(4)28-16-8-6-15(27-5)7-9-16)22-23-20(25)30-11-18(26)21-17-10-13(3)29-24-17/h6-10,12,14H,11H2,1-5H3,(H,21,24,26). The second kappa shape index (κ2) is 9.66. The molecule has 1 N–H and O–H groups in total. The van der Waals surface area contributed by atoms with Crippen LogP contribution in [0, 0.1) is 6.92 Å². The summed E-state index contributed by atoms with van der Waals surface area (Å²) in [5.41, 5.74) is 0. The van der Waals surface area contributed by atoms with Crippen molar-refractivity contribution in [1.82, 2.24) is 19.9 Å². The summed E-state index contributed by atoms with van der Waals surface area (Å²) in [5.74, 6) is 3.16. The molecule has 10 heteroatoms. The van der Waals surface area contributed by atoms with Crippen LogP contribution in [0.1, 0.15) is 44.5 Å². The van der Waals surface area contributed by atoms with Gasteiger partial charge >= 0.3 is 0 Å². The van der Waals surface area contributed by atoms with Gasteiger partial charge in [0.1, 0.15) is 17.3 Å². The van der Waals surface area contributed by atoms with E-state index >= 15 is 0 Å². The van der Waals surface area contributed by atoms with Gasteiger partial charge in [-0.3, -0.25) is 4.79 Å². The number of aromatic nitrogens is 4. The third-order valence-electron chi connectivity index (χ3n) is 4.17. The Morgan fingerprint density at radius 2 is 1.90 bits per heavy atom. The van der Waals surface area contributed by atoms with Gasteiger partial charge in [-0.2, -0.15) is 0 Å². The highest BCUT2D eigenvalue weighted by Crippen LogP contribution is 2.28. The molecule has 0 aliphatic rings. The summed E-state index contributed by atoms with van der Waals surface area (Å²) >= 11 is 1.31. The van der Waals surface area contributed by atoms with Crippen molar-refractivity contribution in [3.63, 3.8) is 0 Å². The normalized spacial score (nSPS) is 12.1. The maximum absolute atomic E-state index is 12.2. The summed E-state index contributed by atoms with van der Waals surface area (Å²) in [7, 11) is 1.62. The number of rotatable bonds is 9. The van der Waals surface area contributed by atoms with Crippen LogP contribution in [0.25, 0.3) is 0 Å². The van der Waals surface area contributed by atoms with E-state index in [1.807, 2.05) is 49.6 Å². The Bertz CT molecular complexity index is 984. The van der Waals surface area contributed by atoms with Crippen LogP contribution in [-0.4, -0.2) is 38.7 Å². The Morgan fingerprint density at radius 3 is 2.50 bits per heavy atom. The van der Waals surface area contributed by atoms with Crippen molar-refractivity contribution in [3.05, 3.63) is 41.9 Å². The highest BCUT2D eigenvalue weighted by atomic mass is 32.2. The lowest BCUT2D eigenvalue weighted by Gasteiger charge is -2.19. The molecule has 0 spiro atoms. The van der Waals surface area contributed by atoms with Gasteiger partial charge in [-0.15, -0.1) is 10.2 Å². The van der Waals surface area contributed by atoms with Crippen molar-refractivity contribution < 1.29 is 18.8 Å². The van der Waals surface area contributed by atoms with Gasteiger partial charge in [-0.1, -0.05) is 16.9 Å². The molecule has 2 heterocycles. The molecule has 0 aliphatic heterocycles. The molecular weight excluding hydrogens is 406 g/mol. The van der Waals surface area contributed by atoms with E-state index in [1.165, 1.54) is 11.8 Å². The van der Waals surface area contributed by atoms with E-state index in [9.17, 15) is 4.79 Å². The maximum atomic E-state index is 12.2. The van der Waals surface area contributed by atoms with Gasteiger partial charge in [0, 0.05) is 12.1 Å². The molecule has 0 aliphatic carbocycles. The Kier molecular flexibility index (Phi) is 6.99. The fourth-order valence-electron chi connectivity index (χ4n) is 2.79. The minimum atomic E-state index is -0.324. The quantitative estimate of drug-likeness (QED) is 0.506. The van der Waals surface area contributed by atoms with E-state index < -0.39 is 0 Å². The fraction of sp³-hybridized carbons (Fsp3) is 0.400. The first-order chi connectivity index (χ1) is 14.4. The van der Waals surface area contributed by atoms with Gasteiger partial charge in [0.2, 0.25) is 5.91 Å². The zero-order chi connectivity index (χ0) is 21.7. The number of nitrogens with one attached hydrogen (secondary N) is 1. The van der Waals surface area contributed by atoms with Crippen LogP contribution in [0.4, 0.5) is 5.82 Å². The van der Waals surface area contributed by atoms with E-state index in [4.69, 9.17) is 14.0 Å². The zero-order valence-electron chi connectivity index (χ0n) is 17.6. The third kappa shape index (κ3) is 5.32. The topological polar surface area (TPSA) is 104 Å². The molecule has 0 saturated heterocycles. The predicted molar refractivity (Wildman–Crippen MR) is 113 cm³/mol. The fourth-order valence-corrected chi connectivity index (χ4v) is 3.67. The van der Waals surface area contributed by atoms with Crippen molar-refractivity contribution in [1.29, 1.82) is 0 Å². The number of carbonyl (C=O) groups excluding carboxylic acids is 1. The Labute approximate surface area is 179 Å². The van der Waals surface area contributed by atoms with Crippen molar-refractivity contribution in [2.24, 2.45) is 0 Å². The van der Waals surface area contributed by atoms with Gasteiger partial charge in [-0.25, -0.2) is 0 Å². The van der Waals surface area contributed by atoms with Crippen LogP contribution in [-0.2, 0) is 4.79 Å². The molecule has 0 radical (unpaired) electrons. The number of methoxy groups -OCH3 is 1. The van der Waals surface area contributed by atoms with Crippen LogP contribution in [0.3, 0.4) is 0 Å². The molecule has 2 aromatic heterocycles. The van der Waals surface area contributed by atoms with Crippen molar-refractivity contribution in [3.8, 4) is 11.5 Å². The number of amides is 1. The van der Waals surface area contributed by atoms with E-state index in [-0.39, 0.29) is 23.8 Å². The monoisotopic (exact) mass is 431 g/mol. The largest absolute Gasteiger partial charge is 0.497 e. The number of ether oxygens (including phenoxy) is 2. The minimum Gasteiger partial charge on any atom is -0.497 e. The number of benzene rings is 1. The van der Waals surface area contributed by atoms with E-state index in [0.29, 0.717) is 28.3 Å². The van der Waals surface area contributed by atoms with Crippen LogP contribution in [0.2, 0.25) is 0 Å². The second-order valence-corrected chi connectivity index (χ2v) is 7.84. The molecule has 9 nitrogen and oxygen atoms in total. The van der Waals surface area contributed by atoms with Gasteiger partial charge in [0.05, 0.1) is 12.9 Å². The lowest BCUT2D eigenvalue weighted by Crippen LogP contribution is -2.16. The Balaban J connectivity index is 1.66. The number of hydrogen-bond donors (Lipinski definition) is 1. The SMILES string of the molecule is COc1ccc(OC(C)c2nnc(SCC(=O)Nc3cc(C)on3)n2C(C)C)cc1. The first-order valence-corrected chi connectivity index (χ1v) is 10.5. The van der Waals surface area contributed by atoms with Crippen LogP contribution in [0.5, 0.6) is 11.5 Å². The molecule has 0 fully saturated rings. The molecule has 1 unspecified atom stereocenters. The Morgan fingerprint density at radius 1 is 1.20 bits per heavy atom. The maximum Gasteiger partial charge on any atom is 0.236 e. The van der Waals surface area contributed by atoms with E-state index in [1.54, 1.807) is 20.1 Å². The van der Waals surface area contributed by atoms with Gasteiger partial charge in [0.15, 0.2) is 22.9 Å². The van der Waals surface area contributed by atoms with E-state index in [0.717, 1.165) is 5.75 Å². The first-order valence-electron chi connectivity index (χ1n) is 9.49. The van der Waals surface area contributed by atoms with Gasteiger partial charge in [-0.05, 0) is 52.0 Å². The second-order valence-electron chi connectivity index (χ2n) is 6.90. The molecule has 1 aromatic carbocycles. The zero-order valence-corrected chi connectivity index (χ0v) is 18.4. The van der Waals surface area contributed by atoms with Gasteiger partial charge < -0.3 is 23.9 Å². The molecule has 0 bridgehead atoms. The molecular formula is C20H25N5O4S. The summed E-state index contributed by atoms with van der Waals surface area (Å²) in [6, 6.07) is 9.13. The van der Waals surface area contributed by atoms with Crippen LogP contribution < -0.4 is 14.8 Å². The number of aryl methyl sites for hydroxylation is 1. The average Bonchev–Trinajstić information content (AvgIpc) is 3.33. The third-order valence-corrected chi connectivity index (χ3v) is 5.11. The smallest absolute Gasteiger partial charge is 0.236 e. The average molecular weight is 432 g/mol. The summed E-state index contributed by atoms with van der Waals surface area (Å²) in [5, 5.41) is 15.7. The van der Waals surface area contributed by atoms with Crippen molar-refractivity contribution >= 4 is 23.5 Å². The first kappa shape index (κ1) is 21.7. The van der Waals surface area contributed by atoms with Crippen LogP contribution in [0.15, 0.2) is 40.0 Å². The summed E-state index contributed by atoms with van der Waals surface area (Å²) < 4.78 is 18.1. The van der Waals surface area contributed by atoms with Gasteiger partial charge in [0.25, 0.3) is 0 Å². The van der Waals surface area contributed by atoms with Crippen LogP contribution >= 0.6 is 11.8 Å². The van der Waals surface area contributed by atoms with E-state index in [2.05, 4.69) is 20.7 Å². The number of hydrogen-bond acceptors (Lipinski definition) is 8. The lowest BCUT2D eigenvalue weighted by molar-refractivity contribution is -0.113. The summed E-state index contributed by atoms with van der Waals surface area (Å²) in [4.78, 5) is 12.2. The summed E-state index contributed by atoms with van der Waals surface area (Å²) in [6.45, 7) is 7.75. The number of nitrogens with zero attached hydrogens (tertiary/aromatic N) is 4. The highest BCUT2D eigenvalue weighted by Gasteiger charge is 2.22. The van der Waals surface area contributed by atoms with Crippen molar-refractivity contribution in [2.45, 2.75) is 45.0 Å². The predicted octanol–water partition coefficient (Wildman–Crippen LogP) is 4.03. The van der Waals surface area contributed by atoms with Crippen molar-refractivity contribution in [2.75, 3.05) is 18.2 Å². The number of anilines is 1. The highest BCUT2D eigenvalue weighted by molar-refractivity contribution is 7.99. The molecule has 1 amide bonds. The minimum absolute atomic E-state index is 0.0978. The molecule has 0 saturated carbocycles. The number of thioether (sulfide) groups is 1. The Hall–Kier alpha value is -3.01. The number of carbonyl (C=O) groups is 1. The molecule has 160 valence electrons. The lowest BCUT2D eigenvalue weighted by atomic mass is 10.3. The molecule has 1 atom stereocenters. The molecule has 3 aromatic rings. The summed E-state index contributed by atoms with van der Waals surface area (Å²) in [6.07, 6.45) is -0.324. The molecule has 30 heavy (non-hydrogen) atoms.